The lowest BCUT2D eigenvalue weighted by atomic mass is 9.81. The number of pyridine rings is 1. The molecule has 0 spiro atoms. The molecule has 1 aliphatic rings. The van der Waals surface area contributed by atoms with E-state index in [2.05, 4.69) is 23.7 Å². The predicted octanol–water partition coefficient (Wildman–Crippen LogP) is 8.87. The van der Waals surface area contributed by atoms with Gasteiger partial charge < -0.3 is 18.8 Å². The number of hydrogen-bond donors (Lipinski definition) is 0. The number of rotatable bonds is 8. The first-order valence-corrected chi connectivity index (χ1v) is 15.7. The van der Waals surface area contributed by atoms with E-state index < -0.39 is 17.7 Å². The molecule has 1 fully saturated rings. The van der Waals surface area contributed by atoms with Gasteiger partial charge in [-0.05, 0) is 102 Å². The zero-order valence-electron chi connectivity index (χ0n) is 27.7. The Balaban J connectivity index is 1.61. The molecule has 4 aromatic rings. The number of esters is 1. The number of hydrogen-bond acceptors (Lipinski definition) is 7. The van der Waals surface area contributed by atoms with Crippen LogP contribution in [0.5, 0.6) is 0 Å². The van der Waals surface area contributed by atoms with E-state index in [1.165, 1.54) is 12.1 Å². The highest BCUT2D eigenvalue weighted by atomic mass is 19.1. The van der Waals surface area contributed by atoms with E-state index in [-0.39, 0.29) is 17.8 Å². The van der Waals surface area contributed by atoms with Crippen LogP contribution in [0, 0.1) is 25.1 Å². The van der Waals surface area contributed by atoms with Crippen LogP contribution in [0.25, 0.3) is 33.9 Å². The Hall–Kier alpha value is -4.04. The minimum Gasteiger partial charge on any atom is -0.464 e. The predicted molar refractivity (Wildman–Crippen MR) is 175 cm³/mol. The third-order valence-electron chi connectivity index (χ3n) is 8.30. The molecule has 2 aromatic heterocycles. The topological polar surface area (TPSA) is 77.7 Å². The molecule has 5 rings (SSSR count). The molecule has 0 radical (unpaired) electrons. The molecule has 0 saturated carbocycles. The van der Waals surface area contributed by atoms with Gasteiger partial charge in [0.2, 0.25) is 5.89 Å². The molecule has 8 heteroatoms. The van der Waals surface area contributed by atoms with Crippen molar-refractivity contribution in [2.75, 3.05) is 24.6 Å². The zero-order valence-corrected chi connectivity index (χ0v) is 27.7. The first-order chi connectivity index (χ1) is 21.3. The molecular weight excluding hydrogens is 569 g/mol. The van der Waals surface area contributed by atoms with E-state index >= 15 is 0 Å². The van der Waals surface area contributed by atoms with Crippen LogP contribution in [0.4, 0.5) is 10.1 Å². The third-order valence-corrected chi connectivity index (χ3v) is 8.30. The molecule has 0 unspecified atom stereocenters. The van der Waals surface area contributed by atoms with Gasteiger partial charge in [-0.15, -0.1) is 0 Å². The molecule has 0 bridgehead atoms. The van der Waals surface area contributed by atoms with Crippen molar-refractivity contribution in [3.8, 4) is 33.9 Å². The Bertz CT molecular complexity index is 1640. The SMILES string of the molecule is CCOC(=O)[C@@H](OC(C)(C)C)c1c(C)nc(C)c(-c2ccc(-c3ncc(-c4ccc(F)cc4)o3)cc2)c1N1CCC(C)(C)CC1. The smallest absolute Gasteiger partial charge is 0.340 e. The average Bonchev–Trinajstić information content (AvgIpc) is 3.47. The highest BCUT2D eigenvalue weighted by Gasteiger charge is 2.37. The summed E-state index contributed by atoms with van der Waals surface area (Å²) in [4.78, 5) is 25.4. The number of piperidine rings is 1. The molecule has 45 heavy (non-hydrogen) atoms. The van der Waals surface area contributed by atoms with Crippen LogP contribution in [0.15, 0.2) is 59.1 Å². The first kappa shape index (κ1) is 32.4. The number of benzene rings is 2. The number of ether oxygens (including phenoxy) is 2. The standard InChI is InChI=1S/C37H44FN3O4/c1-9-43-35(42)33(45-36(4,5)6)31-24(3)40-23(2)30(32(31)41-20-18-37(7,8)19-21-41)26-10-12-27(13-11-26)34-39-22-29(44-34)25-14-16-28(38)17-15-25/h10-17,22,33H,9,18-21H2,1-8H3/t33-/m0/s1. The highest BCUT2D eigenvalue weighted by Crippen LogP contribution is 2.45. The van der Waals surface area contributed by atoms with Crippen LogP contribution in [0.1, 0.15) is 77.4 Å². The maximum absolute atomic E-state index is 13.5. The summed E-state index contributed by atoms with van der Waals surface area (Å²) in [5.41, 5.74) is 6.49. The Morgan fingerprint density at radius 3 is 2.18 bits per heavy atom. The number of carbonyl (C=O) groups is 1. The van der Waals surface area contributed by atoms with E-state index in [9.17, 15) is 9.18 Å². The summed E-state index contributed by atoms with van der Waals surface area (Å²) in [5, 5.41) is 0. The second-order valence-electron chi connectivity index (χ2n) is 13.5. The Morgan fingerprint density at radius 2 is 1.58 bits per heavy atom. The quantitative estimate of drug-likeness (QED) is 0.184. The molecule has 0 N–H and O–H groups in total. The van der Waals surface area contributed by atoms with E-state index in [0.29, 0.717) is 11.7 Å². The van der Waals surface area contributed by atoms with Gasteiger partial charge in [-0.1, -0.05) is 26.0 Å². The Labute approximate surface area is 265 Å². The van der Waals surface area contributed by atoms with E-state index in [1.807, 2.05) is 65.8 Å². The van der Waals surface area contributed by atoms with Crippen molar-refractivity contribution in [3.63, 3.8) is 0 Å². The van der Waals surface area contributed by atoms with Crippen LogP contribution in [0.3, 0.4) is 0 Å². The third kappa shape index (κ3) is 7.28. The van der Waals surface area contributed by atoms with Crippen molar-refractivity contribution >= 4 is 11.7 Å². The maximum atomic E-state index is 13.5. The molecule has 2 aromatic carbocycles. The van der Waals surface area contributed by atoms with Crippen LogP contribution >= 0.6 is 0 Å². The number of aryl methyl sites for hydroxylation is 2. The lowest BCUT2D eigenvalue weighted by molar-refractivity contribution is -0.166. The van der Waals surface area contributed by atoms with Gasteiger partial charge >= 0.3 is 5.97 Å². The monoisotopic (exact) mass is 613 g/mol. The summed E-state index contributed by atoms with van der Waals surface area (Å²) in [6, 6.07) is 14.2. The zero-order chi connectivity index (χ0) is 32.5. The van der Waals surface area contributed by atoms with Gasteiger partial charge in [0, 0.05) is 46.7 Å². The van der Waals surface area contributed by atoms with Crippen LogP contribution in [0.2, 0.25) is 0 Å². The fourth-order valence-electron chi connectivity index (χ4n) is 5.90. The van der Waals surface area contributed by atoms with Crippen LogP contribution in [-0.2, 0) is 14.3 Å². The number of nitrogens with zero attached hydrogens (tertiary/aromatic N) is 3. The van der Waals surface area contributed by atoms with Gasteiger partial charge in [0.05, 0.1) is 24.1 Å². The van der Waals surface area contributed by atoms with Crippen molar-refractivity contribution in [1.29, 1.82) is 0 Å². The molecular formula is C37H44FN3O4. The fourth-order valence-corrected chi connectivity index (χ4v) is 5.90. The number of anilines is 1. The molecule has 1 atom stereocenters. The lowest BCUT2D eigenvalue weighted by Crippen LogP contribution is -2.39. The van der Waals surface area contributed by atoms with Crippen LogP contribution < -0.4 is 4.90 Å². The van der Waals surface area contributed by atoms with Crippen molar-refractivity contribution < 1.29 is 23.1 Å². The Kier molecular flexibility index (Phi) is 9.17. The molecule has 0 aliphatic carbocycles. The molecule has 1 saturated heterocycles. The van der Waals surface area contributed by atoms with Crippen molar-refractivity contribution in [2.24, 2.45) is 5.41 Å². The van der Waals surface area contributed by atoms with E-state index in [1.54, 1.807) is 18.3 Å². The summed E-state index contributed by atoms with van der Waals surface area (Å²) in [6.07, 6.45) is 2.77. The fraction of sp³-hybridized carbons (Fsp3) is 0.432. The first-order valence-electron chi connectivity index (χ1n) is 15.7. The summed E-state index contributed by atoms with van der Waals surface area (Å²) in [7, 11) is 0. The molecule has 238 valence electrons. The van der Waals surface area contributed by atoms with Gasteiger partial charge in [-0.25, -0.2) is 14.2 Å². The minimum atomic E-state index is -0.932. The van der Waals surface area contributed by atoms with Crippen molar-refractivity contribution in [1.82, 2.24) is 9.97 Å². The number of oxazole rings is 1. The van der Waals surface area contributed by atoms with Gasteiger partial charge in [0.15, 0.2) is 11.9 Å². The van der Waals surface area contributed by atoms with E-state index in [4.69, 9.17) is 18.9 Å². The second kappa shape index (κ2) is 12.8. The minimum absolute atomic E-state index is 0.237. The van der Waals surface area contributed by atoms with Gasteiger partial charge in [0.25, 0.3) is 0 Å². The summed E-state index contributed by atoms with van der Waals surface area (Å²) in [5.74, 6) is 0.322. The number of aromatic nitrogens is 2. The van der Waals surface area contributed by atoms with Crippen molar-refractivity contribution in [3.05, 3.63) is 77.5 Å². The molecule has 1 aliphatic heterocycles. The largest absolute Gasteiger partial charge is 0.464 e. The maximum Gasteiger partial charge on any atom is 0.340 e. The van der Waals surface area contributed by atoms with Crippen molar-refractivity contribution in [2.45, 2.75) is 79.9 Å². The van der Waals surface area contributed by atoms with Crippen LogP contribution in [-0.4, -0.2) is 41.2 Å². The Morgan fingerprint density at radius 1 is 0.978 bits per heavy atom. The molecule has 7 nitrogen and oxygen atoms in total. The number of carbonyl (C=O) groups excluding carboxylic acids is 1. The molecule has 0 amide bonds. The van der Waals surface area contributed by atoms with Gasteiger partial charge in [-0.2, -0.15) is 0 Å². The summed E-state index contributed by atoms with van der Waals surface area (Å²) < 4.78 is 31.5. The molecule has 3 heterocycles. The van der Waals surface area contributed by atoms with Gasteiger partial charge in [-0.3, -0.25) is 4.98 Å². The average molecular weight is 614 g/mol. The van der Waals surface area contributed by atoms with E-state index in [0.717, 1.165) is 70.8 Å². The summed E-state index contributed by atoms with van der Waals surface area (Å²) in [6.45, 7) is 18.2. The lowest BCUT2D eigenvalue weighted by Gasteiger charge is -2.41. The number of halogens is 1. The second-order valence-corrected chi connectivity index (χ2v) is 13.5. The highest BCUT2D eigenvalue weighted by molar-refractivity contribution is 5.88. The summed E-state index contributed by atoms with van der Waals surface area (Å²) >= 11 is 0. The normalized spacial score (nSPS) is 15.6. The van der Waals surface area contributed by atoms with Gasteiger partial charge in [0.1, 0.15) is 5.82 Å².